The molecule has 2 heterocycles. The Morgan fingerprint density at radius 1 is 1.32 bits per heavy atom. The molecule has 1 saturated heterocycles. The summed E-state index contributed by atoms with van der Waals surface area (Å²) in [5, 5.41) is 36.0. The van der Waals surface area contributed by atoms with E-state index in [9.17, 15) is 24.9 Å². The van der Waals surface area contributed by atoms with Gasteiger partial charge in [0.15, 0.2) is 5.71 Å². The van der Waals surface area contributed by atoms with Crippen molar-refractivity contribution in [3.63, 3.8) is 0 Å². The van der Waals surface area contributed by atoms with Gasteiger partial charge in [0.1, 0.15) is 24.4 Å². The van der Waals surface area contributed by atoms with Gasteiger partial charge in [-0.3, -0.25) is 9.59 Å². The van der Waals surface area contributed by atoms with E-state index in [-0.39, 0.29) is 11.6 Å². The summed E-state index contributed by atoms with van der Waals surface area (Å²) in [6.07, 6.45) is -5.34. The number of ether oxygens (including phenoxy) is 1. The molecule has 0 spiro atoms. The topological polar surface area (TPSA) is 141 Å². The highest BCUT2D eigenvalue weighted by Crippen LogP contribution is 2.29. The third kappa shape index (κ3) is 3.59. The highest BCUT2D eigenvalue weighted by molar-refractivity contribution is 6.54. The van der Waals surface area contributed by atoms with Crippen LogP contribution in [0.25, 0.3) is 0 Å². The number of hydrogen-bond acceptors (Lipinski definition) is 8. The lowest BCUT2D eigenvalue weighted by Gasteiger charge is -2.40. The molecule has 1 aromatic rings. The van der Waals surface area contributed by atoms with Crippen molar-refractivity contribution in [1.29, 1.82) is 0 Å². The zero-order valence-electron chi connectivity index (χ0n) is 15.5. The molecule has 28 heavy (non-hydrogen) atoms. The zero-order valence-corrected chi connectivity index (χ0v) is 15.5. The predicted octanol–water partition coefficient (Wildman–Crippen LogP) is -1.28. The van der Waals surface area contributed by atoms with Gasteiger partial charge >= 0.3 is 0 Å². The molecule has 4 N–H and O–H groups in total. The molecule has 1 aromatic carbocycles. The van der Waals surface area contributed by atoms with Crippen molar-refractivity contribution >= 4 is 23.2 Å². The molecular formula is C18H23N3O7. The van der Waals surface area contributed by atoms with Gasteiger partial charge in [0.05, 0.1) is 12.3 Å². The van der Waals surface area contributed by atoms with E-state index in [1.807, 2.05) is 6.92 Å². The first-order chi connectivity index (χ1) is 13.4. The van der Waals surface area contributed by atoms with Crippen molar-refractivity contribution in [2.45, 2.75) is 44.5 Å². The Bertz CT molecular complexity index is 784. The number of nitrogens with one attached hydrogen (secondary N) is 1. The number of fused-ring (bicyclic) bond motifs is 1. The van der Waals surface area contributed by atoms with Crippen LogP contribution in [0.4, 0.5) is 5.69 Å². The van der Waals surface area contributed by atoms with Crippen molar-refractivity contribution in [2.24, 2.45) is 5.16 Å². The fraction of sp³-hybridized carbons (Fsp3) is 0.500. The minimum absolute atomic E-state index is 0.0591. The molecule has 2 aliphatic rings. The first-order valence-corrected chi connectivity index (χ1v) is 8.93. The molecule has 3 rings (SSSR count). The second-order valence-corrected chi connectivity index (χ2v) is 6.54. The Hall–Kier alpha value is -2.53. The lowest BCUT2D eigenvalue weighted by molar-refractivity contribution is -0.270. The van der Waals surface area contributed by atoms with E-state index in [0.717, 1.165) is 0 Å². The number of para-hydroxylation sites is 1. The monoisotopic (exact) mass is 393 g/mol. The van der Waals surface area contributed by atoms with E-state index in [1.54, 1.807) is 29.2 Å². The van der Waals surface area contributed by atoms with Gasteiger partial charge < -0.3 is 35.1 Å². The normalized spacial score (nSPS) is 31.0. The van der Waals surface area contributed by atoms with Gasteiger partial charge in [-0.15, -0.1) is 0 Å². The molecule has 2 amide bonds. The Morgan fingerprint density at radius 2 is 2.04 bits per heavy atom. The number of oxime groups is 1. The molecule has 152 valence electrons. The molecule has 5 atom stereocenters. The summed E-state index contributed by atoms with van der Waals surface area (Å²) in [4.78, 5) is 31.0. The number of nitrogens with zero attached hydrogens (tertiary/aromatic N) is 2. The van der Waals surface area contributed by atoms with Crippen molar-refractivity contribution in [3.8, 4) is 0 Å². The number of rotatable bonds is 5. The Labute approximate surface area is 161 Å². The van der Waals surface area contributed by atoms with Crippen LogP contribution in [0, 0.1) is 0 Å². The van der Waals surface area contributed by atoms with Gasteiger partial charge in [0.2, 0.25) is 12.2 Å². The van der Waals surface area contributed by atoms with Crippen LogP contribution in [-0.4, -0.2) is 76.6 Å². The van der Waals surface area contributed by atoms with Crippen LogP contribution in [0.2, 0.25) is 0 Å². The van der Waals surface area contributed by atoms with Crippen LogP contribution in [0.5, 0.6) is 0 Å². The number of carbonyl (C=O) groups excluding carboxylic acids is 2. The molecule has 0 bridgehead atoms. The van der Waals surface area contributed by atoms with Gasteiger partial charge in [0, 0.05) is 19.0 Å². The van der Waals surface area contributed by atoms with Crippen LogP contribution in [0.1, 0.15) is 19.4 Å². The summed E-state index contributed by atoms with van der Waals surface area (Å²) >= 11 is 0. The van der Waals surface area contributed by atoms with Crippen molar-refractivity contribution in [3.05, 3.63) is 29.8 Å². The van der Waals surface area contributed by atoms with E-state index in [4.69, 9.17) is 9.57 Å². The third-order valence-electron chi connectivity index (χ3n) is 4.71. The third-order valence-corrected chi connectivity index (χ3v) is 4.71. The Morgan fingerprint density at radius 3 is 2.68 bits per heavy atom. The van der Waals surface area contributed by atoms with Gasteiger partial charge in [0.25, 0.3) is 5.91 Å². The number of likely N-dealkylation sites (N-methyl/N-ethyl adjacent to an activating group) is 1. The maximum Gasteiger partial charge on any atom is 0.281 e. The lowest BCUT2D eigenvalue weighted by Crippen LogP contribution is -2.64. The van der Waals surface area contributed by atoms with E-state index >= 15 is 0 Å². The number of anilines is 1. The molecule has 0 unspecified atom stereocenters. The van der Waals surface area contributed by atoms with Crippen molar-refractivity contribution < 1.29 is 34.5 Å². The maximum atomic E-state index is 12.6. The first-order valence-electron chi connectivity index (χ1n) is 8.93. The summed E-state index contributed by atoms with van der Waals surface area (Å²) in [6.45, 7) is 2.93. The molecule has 10 heteroatoms. The number of aliphatic hydroxyl groups is 3. The van der Waals surface area contributed by atoms with E-state index in [2.05, 4.69) is 10.5 Å². The predicted molar refractivity (Wildman–Crippen MR) is 97.5 cm³/mol. The number of benzene rings is 1. The Kier molecular flexibility index (Phi) is 5.94. The molecule has 1 fully saturated rings. The quantitative estimate of drug-likeness (QED) is 0.457. The highest BCUT2D eigenvalue weighted by Gasteiger charge is 2.46. The zero-order chi connectivity index (χ0) is 20.4. The first kappa shape index (κ1) is 20.2. The summed E-state index contributed by atoms with van der Waals surface area (Å²) < 4.78 is 5.44. The van der Waals surface area contributed by atoms with Gasteiger partial charge in [-0.2, -0.15) is 0 Å². The SMILES string of the molecule is CCN1C(=O)/C(=N\O[C@@H]2O[C@H](CO)[C@H](O)[C@@H](O)[C@H]2NC(C)=O)c2ccccc21. The van der Waals surface area contributed by atoms with Crippen LogP contribution in [-0.2, 0) is 19.2 Å². The van der Waals surface area contributed by atoms with Crippen molar-refractivity contribution in [2.75, 3.05) is 18.1 Å². The number of hydrogen-bond donors (Lipinski definition) is 4. The minimum atomic E-state index is -1.46. The van der Waals surface area contributed by atoms with Crippen LogP contribution in [0.15, 0.2) is 29.4 Å². The average molecular weight is 393 g/mol. The fourth-order valence-electron chi connectivity index (χ4n) is 3.33. The van der Waals surface area contributed by atoms with Gasteiger partial charge in [-0.05, 0) is 13.0 Å². The molecule has 0 aliphatic carbocycles. The second-order valence-electron chi connectivity index (χ2n) is 6.54. The summed E-state index contributed by atoms with van der Waals surface area (Å²) in [5.41, 5.74) is 1.34. The largest absolute Gasteiger partial charge is 0.394 e. The number of amides is 2. The summed E-state index contributed by atoms with van der Waals surface area (Å²) in [7, 11) is 0. The smallest absolute Gasteiger partial charge is 0.281 e. The molecular weight excluding hydrogens is 370 g/mol. The average Bonchev–Trinajstić information content (AvgIpc) is 2.95. The lowest BCUT2D eigenvalue weighted by atomic mass is 9.97. The molecule has 2 aliphatic heterocycles. The summed E-state index contributed by atoms with van der Waals surface area (Å²) in [5.74, 6) is -0.835. The van der Waals surface area contributed by atoms with E-state index < -0.39 is 43.2 Å². The standard InChI is InChI=1S/C18H23N3O7/c1-3-21-11-7-5-4-6-10(11)13(17(21)26)20-28-18-14(19-9(2)23)16(25)15(24)12(8-22)27-18/h4-7,12,14-16,18,22,24-25H,3,8H2,1-2H3,(H,19,23)/b20-13-/t12-,14-,15+,16+,18+/m1/s1. The minimum Gasteiger partial charge on any atom is -0.394 e. The van der Waals surface area contributed by atoms with Crippen LogP contribution in [0.3, 0.4) is 0 Å². The number of carbonyl (C=O) groups is 2. The molecule has 10 nitrogen and oxygen atoms in total. The summed E-state index contributed by atoms with van der Waals surface area (Å²) in [6, 6.07) is 5.94. The molecule has 0 saturated carbocycles. The van der Waals surface area contributed by atoms with E-state index in [1.165, 1.54) is 6.92 Å². The van der Waals surface area contributed by atoms with Crippen molar-refractivity contribution in [1.82, 2.24) is 5.32 Å². The van der Waals surface area contributed by atoms with E-state index in [0.29, 0.717) is 17.8 Å². The maximum absolute atomic E-state index is 12.6. The molecule has 0 radical (unpaired) electrons. The Balaban J connectivity index is 1.88. The number of aliphatic hydroxyl groups excluding tert-OH is 3. The molecule has 0 aromatic heterocycles. The fourth-order valence-corrected chi connectivity index (χ4v) is 3.33. The second kappa shape index (κ2) is 8.23. The van der Waals surface area contributed by atoms with Crippen LogP contribution >= 0.6 is 0 Å². The van der Waals surface area contributed by atoms with Gasteiger partial charge in [-0.25, -0.2) is 0 Å². The highest BCUT2D eigenvalue weighted by atomic mass is 16.8. The van der Waals surface area contributed by atoms with Gasteiger partial charge in [-0.1, -0.05) is 23.4 Å². The van der Waals surface area contributed by atoms with Crippen LogP contribution < -0.4 is 10.2 Å².